The van der Waals surface area contributed by atoms with E-state index in [1.54, 1.807) is 49.4 Å². The fourth-order valence-corrected chi connectivity index (χ4v) is 1.87. The van der Waals surface area contributed by atoms with E-state index < -0.39 is 5.97 Å². The first kappa shape index (κ1) is 20.5. The highest BCUT2D eigenvalue weighted by atomic mass is 35.5. The summed E-state index contributed by atoms with van der Waals surface area (Å²) in [6.07, 6.45) is 0.490. The lowest BCUT2D eigenvalue weighted by Crippen LogP contribution is -2.10. The van der Waals surface area contributed by atoms with Gasteiger partial charge in [-0.1, -0.05) is 29.8 Å². The highest BCUT2D eigenvalue weighted by Crippen LogP contribution is 2.25. The van der Waals surface area contributed by atoms with E-state index in [1.165, 1.54) is 0 Å². The molecule has 0 radical (unpaired) electrons. The van der Waals surface area contributed by atoms with Gasteiger partial charge in [-0.25, -0.2) is 10.3 Å². The molecular formula is C18H20ClNO5. The molecule has 0 aliphatic heterocycles. The summed E-state index contributed by atoms with van der Waals surface area (Å²) in [7, 11) is 0. The fraction of sp³-hybridized carbons (Fsp3) is 0.222. The number of hydrogen-bond donors (Lipinski definition) is 1. The Morgan fingerprint density at radius 2 is 1.84 bits per heavy atom. The molecular weight excluding hydrogens is 346 g/mol. The molecule has 7 heteroatoms. The zero-order valence-electron chi connectivity index (χ0n) is 14.0. The number of carbonyl (C=O) groups is 2. The van der Waals surface area contributed by atoms with Crippen molar-refractivity contribution in [3.63, 3.8) is 0 Å². The molecule has 0 saturated heterocycles. The Bertz CT molecular complexity index is 664. The molecule has 0 spiro atoms. The minimum atomic E-state index is -0.466. The second-order valence-corrected chi connectivity index (χ2v) is 4.88. The van der Waals surface area contributed by atoms with Gasteiger partial charge in [-0.15, -0.1) is 0 Å². The Balaban J connectivity index is 0.000000450. The lowest BCUT2D eigenvalue weighted by atomic mass is 10.2. The van der Waals surface area contributed by atoms with Gasteiger partial charge in [0.1, 0.15) is 17.1 Å². The number of ether oxygens (including phenoxy) is 2. The van der Waals surface area contributed by atoms with Crippen LogP contribution < -0.4 is 15.0 Å². The molecule has 0 atom stereocenters. The number of hydrogen-bond acceptors (Lipinski definition) is 5. The molecule has 0 unspecified atom stereocenters. The molecule has 0 aromatic heterocycles. The van der Waals surface area contributed by atoms with Crippen molar-refractivity contribution in [3.8, 4) is 11.5 Å². The lowest BCUT2D eigenvalue weighted by Gasteiger charge is -2.10. The van der Waals surface area contributed by atoms with Crippen LogP contribution in [0.15, 0.2) is 48.5 Å². The summed E-state index contributed by atoms with van der Waals surface area (Å²) in [4.78, 5) is 25.8. The summed E-state index contributed by atoms with van der Waals surface area (Å²) in [6, 6.07) is 13.7. The number of esters is 1. The third-order valence-electron chi connectivity index (χ3n) is 2.69. The summed E-state index contributed by atoms with van der Waals surface area (Å²) in [5.74, 6) is 0.451. The van der Waals surface area contributed by atoms with E-state index in [1.807, 2.05) is 18.5 Å². The summed E-state index contributed by atoms with van der Waals surface area (Å²) in [5, 5.41) is 0.514. The third-order valence-corrected chi connectivity index (χ3v) is 2.93. The first-order chi connectivity index (χ1) is 12.1. The van der Waals surface area contributed by atoms with Crippen LogP contribution in [0.3, 0.4) is 0 Å². The zero-order valence-corrected chi connectivity index (χ0v) is 14.8. The standard InChI is InChI=1S/C15H13ClO3.C3H7NO2/c1-2-18-14-10-11(16)8-9-13(14)15(17)19-12-6-4-3-5-7-12;1-2-6-4-3-5/h3-10H,2H2,1H3;3H,2H2,1H3,(H,4,5). The van der Waals surface area contributed by atoms with Gasteiger partial charge in [0.15, 0.2) is 0 Å². The van der Waals surface area contributed by atoms with Crippen LogP contribution in [0.25, 0.3) is 0 Å². The van der Waals surface area contributed by atoms with Crippen molar-refractivity contribution in [3.05, 3.63) is 59.1 Å². The number of para-hydroxylation sites is 1. The van der Waals surface area contributed by atoms with E-state index in [2.05, 4.69) is 4.84 Å². The van der Waals surface area contributed by atoms with Crippen molar-refractivity contribution < 1.29 is 23.9 Å². The van der Waals surface area contributed by atoms with Crippen LogP contribution >= 0.6 is 11.6 Å². The molecule has 2 aromatic carbocycles. The molecule has 1 amide bonds. The predicted octanol–water partition coefficient (Wildman–Crippen LogP) is 3.64. The van der Waals surface area contributed by atoms with E-state index in [9.17, 15) is 9.59 Å². The molecule has 0 bridgehead atoms. The third kappa shape index (κ3) is 7.69. The molecule has 0 heterocycles. The van der Waals surface area contributed by atoms with Crippen molar-refractivity contribution in [2.24, 2.45) is 0 Å². The first-order valence-electron chi connectivity index (χ1n) is 7.62. The van der Waals surface area contributed by atoms with E-state index >= 15 is 0 Å². The molecule has 6 nitrogen and oxygen atoms in total. The number of hydroxylamine groups is 1. The van der Waals surface area contributed by atoms with Crippen molar-refractivity contribution in [1.29, 1.82) is 0 Å². The highest BCUT2D eigenvalue weighted by Gasteiger charge is 2.15. The lowest BCUT2D eigenvalue weighted by molar-refractivity contribution is -0.120. The normalized spacial score (nSPS) is 9.40. The Morgan fingerprint density at radius 1 is 1.12 bits per heavy atom. The predicted molar refractivity (Wildman–Crippen MR) is 94.8 cm³/mol. The van der Waals surface area contributed by atoms with Crippen LogP contribution in [0.5, 0.6) is 11.5 Å². The van der Waals surface area contributed by atoms with Crippen molar-refractivity contribution >= 4 is 24.0 Å². The van der Waals surface area contributed by atoms with Crippen LogP contribution in [-0.4, -0.2) is 25.6 Å². The Kier molecular flexibility index (Phi) is 9.74. The molecule has 134 valence electrons. The molecule has 0 saturated carbocycles. The SMILES string of the molecule is CCONC=O.CCOc1cc(Cl)ccc1C(=O)Oc1ccccc1. The first-order valence-corrected chi connectivity index (χ1v) is 8.00. The van der Waals surface area contributed by atoms with Crippen LogP contribution in [0, 0.1) is 0 Å². The van der Waals surface area contributed by atoms with Crippen molar-refractivity contribution in [2.45, 2.75) is 13.8 Å². The van der Waals surface area contributed by atoms with Gasteiger partial charge >= 0.3 is 5.97 Å². The maximum absolute atomic E-state index is 12.1. The quantitative estimate of drug-likeness (QED) is 0.266. The summed E-state index contributed by atoms with van der Waals surface area (Å²) in [5.41, 5.74) is 2.37. The second kappa shape index (κ2) is 11.9. The number of amides is 1. The van der Waals surface area contributed by atoms with Gasteiger partial charge < -0.3 is 9.47 Å². The van der Waals surface area contributed by atoms with Gasteiger partial charge in [0.05, 0.1) is 13.2 Å². The monoisotopic (exact) mass is 365 g/mol. The highest BCUT2D eigenvalue weighted by molar-refractivity contribution is 6.30. The zero-order chi connectivity index (χ0) is 18.5. The van der Waals surface area contributed by atoms with Crippen LogP contribution in [-0.2, 0) is 9.63 Å². The molecule has 0 fully saturated rings. The topological polar surface area (TPSA) is 73.9 Å². The number of halogens is 1. The molecule has 25 heavy (non-hydrogen) atoms. The van der Waals surface area contributed by atoms with Crippen LogP contribution in [0.1, 0.15) is 24.2 Å². The van der Waals surface area contributed by atoms with Crippen molar-refractivity contribution in [1.82, 2.24) is 5.48 Å². The van der Waals surface area contributed by atoms with Crippen LogP contribution in [0.4, 0.5) is 0 Å². The number of nitrogens with one attached hydrogen (secondary N) is 1. The fourth-order valence-electron chi connectivity index (χ4n) is 1.71. The van der Waals surface area contributed by atoms with E-state index in [4.69, 9.17) is 21.1 Å². The summed E-state index contributed by atoms with van der Waals surface area (Å²) < 4.78 is 10.7. The Hall–Kier alpha value is -2.57. The van der Waals surface area contributed by atoms with Crippen LogP contribution in [0.2, 0.25) is 5.02 Å². The van der Waals surface area contributed by atoms with E-state index in [0.717, 1.165) is 0 Å². The molecule has 2 aromatic rings. The molecule has 2 rings (SSSR count). The van der Waals surface area contributed by atoms with Gasteiger partial charge in [-0.2, -0.15) is 0 Å². The van der Waals surface area contributed by atoms with Gasteiger partial charge in [-0.3, -0.25) is 9.63 Å². The maximum Gasteiger partial charge on any atom is 0.347 e. The van der Waals surface area contributed by atoms with Gasteiger partial charge in [0, 0.05) is 5.02 Å². The minimum Gasteiger partial charge on any atom is -0.493 e. The smallest absolute Gasteiger partial charge is 0.347 e. The number of carbonyl (C=O) groups excluding carboxylic acids is 2. The second-order valence-electron chi connectivity index (χ2n) is 4.44. The maximum atomic E-state index is 12.1. The summed E-state index contributed by atoms with van der Waals surface area (Å²) >= 11 is 5.89. The largest absolute Gasteiger partial charge is 0.493 e. The Labute approximate surface area is 151 Å². The van der Waals surface area contributed by atoms with E-state index in [-0.39, 0.29) is 0 Å². The minimum absolute atomic E-state index is 0.357. The number of rotatable bonds is 7. The average molecular weight is 366 g/mol. The molecule has 0 aliphatic rings. The molecule has 1 N–H and O–H groups in total. The summed E-state index contributed by atoms with van der Waals surface area (Å²) in [6.45, 7) is 4.59. The number of benzene rings is 2. The molecule has 0 aliphatic carbocycles. The van der Waals surface area contributed by atoms with Gasteiger partial charge in [0.25, 0.3) is 0 Å². The van der Waals surface area contributed by atoms with Gasteiger partial charge in [0.2, 0.25) is 6.41 Å². The van der Waals surface area contributed by atoms with E-state index in [0.29, 0.717) is 41.7 Å². The Morgan fingerprint density at radius 3 is 2.40 bits per heavy atom. The average Bonchev–Trinajstić information content (AvgIpc) is 2.61. The van der Waals surface area contributed by atoms with Gasteiger partial charge in [-0.05, 0) is 44.2 Å². The van der Waals surface area contributed by atoms with Crippen molar-refractivity contribution in [2.75, 3.05) is 13.2 Å².